The molecule has 0 aliphatic heterocycles. The van der Waals surface area contributed by atoms with Crippen molar-refractivity contribution in [2.45, 2.75) is 25.6 Å². The van der Waals surface area contributed by atoms with Crippen molar-refractivity contribution in [1.82, 2.24) is 15.5 Å². The minimum Gasteiger partial charge on any atom is -0.353 e. The van der Waals surface area contributed by atoms with Gasteiger partial charge in [0, 0.05) is 17.5 Å². The first-order chi connectivity index (χ1) is 11.4. The molecule has 24 heavy (non-hydrogen) atoms. The monoisotopic (exact) mass is 368 g/mol. The molecule has 0 aliphatic rings. The van der Waals surface area contributed by atoms with Crippen molar-refractivity contribution in [1.29, 1.82) is 0 Å². The molecule has 0 atom stereocenters. The van der Waals surface area contributed by atoms with Crippen molar-refractivity contribution in [3.8, 4) is 0 Å². The van der Waals surface area contributed by atoms with E-state index >= 15 is 0 Å². The van der Waals surface area contributed by atoms with Crippen LogP contribution < -0.4 is 10.6 Å². The number of thioether (sulfide) groups is 1. The van der Waals surface area contributed by atoms with Gasteiger partial charge in [-0.1, -0.05) is 17.4 Å². The molecular formula is C15H17FN4O2S2. The fraction of sp³-hybridized carbons (Fsp3) is 0.333. The number of aromatic nitrogens is 2. The fourth-order valence-electron chi connectivity index (χ4n) is 1.75. The van der Waals surface area contributed by atoms with E-state index in [0.29, 0.717) is 22.2 Å². The number of amides is 2. The van der Waals surface area contributed by atoms with Crippen LogP contribution in [-0.2, 0) is 10.5 Å². The highest BCUT2D eigenvalue weighted by Crippen LogP contribution is 2.18. The first-order valence-electron chi connectivity index (χ1n) is 7.20. The summed E-state index contributed by atoms with van der Waals surface area (Å²) in [7, 11) is 0. The molecule has 0 spiro atoms. The summed E-state index contributed by atoms with van der Waals surface area (Å²) in [5.41, 5.74) is 0.358. The Morgan fingerprint density at radius 1 is 1.33 bits per heavy atom. The molecule has 128 valence electrons. The maximum Gasteiger partial charge on any atom is 0.286 e. The zero-order chi connectivity index (χ0) is 17.5. The van der Waals surface area contributed by atoms with Gasteiger partial charge in [-0.2, -0.15) is 0 Å². The number of carbonyl (C=O) groups excluding carboxylic acids is 2. The van der Waals surface area contributed by atoms with Crippen molar-refractivity contribution in [3.05, 3.63) is 40.1 Å². The quantitative estimate of drug-likeness (QED) is 0.785. The number of hydrogen-bond donors (Lipinski definition) is 2. The van der Waals surface area contributed by atoms with E-state index in [9.17, 15) is 14.0 Å². The molecule has 0 bridgehead atoms. The topological polar surface area (TPSA) is 84.0 Å². The fourth-order valence-corrected chi connectivity index (χ4v) is 3.37. The lowest BCUT2D eigenvalue weighted by atomic mass is 10.3. The molecule has 0 radical (unpaired) electrons. The summed E-state index contributed by atoms with van der Waals surface area (Å²) < 4.78 is 13.1. The molecule has 0 saturated heterocycles. The van der Waals surface area contributed by atoms with Crippen LogP contribution in [0, 0.1) is 5.82 Å². The molecule has 2 aromatic rings. The van der Waals surface area contributed by atoms with E-state index in [0.717, 1.165) is 11.3 Å². The van der Waals surface area contributed by atoms with Gasteiger partial charge in [0.1, 0.15) is 10.8 Å². The second-order valence-corrected chi connectivity index (χ2v) is 7.23. The van der Waals surface area contributed by atoms with Gasteiger partial charge in [0.15, 0.2) is 0 Å². The number of halogens is 1. The SMILES string of the molecule is CC(C)NC(=O)CSCc1nnc(C(=O)Nc2cccc(F)c2)s1. The van der Waals surface area contributed by atoms with E-state index in [4.69, 9.17) is 0 Å². The minimum atomic E-state index is -0.438. The molecule has 0 fully saturated rings. The van der Waals surface area contributed by atoms with Crippen LogP contribution in [0.25, 0.3) is 0 Å². The highest BCUT2D eigenvalue weighted by Gasteiger charge is 2.14. The average Bonchev–Trinajstić information content (AvgIpc) is 2.95. The molecule has 6 nitrogen and oxygen atoms in total. The van der Waals surface area contributed by atoms with Crippen molar-refractivity contribution in [2.75, 3.05) is 11.1 Å². The van der Waals surface area contributed by atoms with E-state index in [2.05, 4.69) is 20.8 Å². The van der Waals surface area contributed by atoms with Crippen LogP contribution in [0.4, 0.5) is 10.1 Å². The van der Waals surface area contributed by atoms with Crippen molar-refractivity contribution < 1.29 is 14.0 Å². The lowest BCUT2D eigenvalue weighted by Gasteiger charge is -2.06. The van der Waals surface area contributed by atoms with Crippen molar-refractivity contribution in [3.63, 3.8) is 0 Å². The molecule has 2 rings (SSSR count). The third-order valence-electron chi connectivity index (χ3n) is 2.65. The van der Waals surface area contributed by atoms with Crippen molar-refractivity contribution >= 4 is 40.6 Å². The Morgan fingerprint density at radius 2 is 2.12 bits per heavy atom. The third-order valence-corrected chi connectivity index (χ3v) is 4.70. The predicted octanol–water partition coefficient (Wildman–Crippen LogP) is 2.69. The van der Waals surface area contributed by atoms with Crippen LogP contribution in [-0.4, -0.2) is 33.8 Å². The number of nitrogens with zero attached hydrogens (tertiary/aromatic N) is 2. The standard InChI is InChI=1S/C15H17FN4O2S2/c1-9(2)17-12(21)7-23-8-13-19-20-15(24-13)14(22)18-11-5-3-4-10(16)6-11/h3-6,9H,7-8H2,1-2H3,(H,17,21)(H,18,22). The lowest BCUT2D eigenvalue weighted by molar-refractivity contribution is -0.119. The molecular weight excluding hydrogens is 351 g/mol. The minimum absolute atomic E-state index is 0.0383. The summed E-state index contributed by atoms with van der Waals surface area (Å²) in [6, 6.07) is 5.73. The first kappa shape index (κ1) is 18.3. The molecule has 9 heteroatoms. The van der Waals surface area contributed by atoms with E-state index < -0.39 is 11.7 Å². The van der Waals surface area contributed by atoms with Crippen LogP contribution in [0.3, 0.4) is 0 Å². The van der Waals surface area contributed by atoms with E-state index in [1.54, 1.807) is 6.07 Å². The Hall–Kier alpha value is -2.00. The van der Waals surface area contributed by atoms with Gasteiger partial charge in [-0.05, 0) is 32.0 Å². The Labute approximate surface area is 147 Å². The Balaban J connectivity index is 1.84. The number of nitrogens with one attached hydrogen (secondary N) is 2. The second kappa shape index (κ2) is 8.74. The number of carbonyl (C=O) groups is 2. The van der Waals surface area contributed by atoms with Gasteiger partial charge in [-0.15, -0.1) is 22.0 Å². The van der Waals surface area contributed by atoms with Gasteiger partial charge < -0.3 is 10.6 Å². The lowest BCUT2D eigenvalue weighted by Crippen LogP contribution is -2.31. The smallest absolute Gasteiger partial charge is 0.286 e. The molecule has 1 aromatic heterocycles. The molecule has 0 unspecified atom stereocenters. The van der Waals surface area contributed by atoms with Gasteiger partial charge in [-0.25, -0.2) is 4.39 Å². The zero-order valence-corrected chi connectivity index (χ0v) is 14.8. The average molecular weight is 368 g/mol. The largest absolute Gasteiger partial charge is 0.353 e. The van der Waals surface area contributed by atoms with Gasteiger partial charge in [0.25, 0.3) is 5.91 Å². The highest BCUT2D eigenvalue weighted by molar-refractivity contribution is 7.99. The molecule has 2 N–H and O–H groups in total. The van der Waals surface area contributed by atoms with Gasteiger partial charge in [0.2, 0.25) is 10.9 Å². The third kappa shape index (κ3) is 5.89. The summed E-state index contributed by atoms with van der Waals surface area (Å²) in [5.74, 6) is -0.0868. The Morgan fingerprint density at radius 3 is 2.83 bits per heavy atom. The highest BCUT2D eigenvalue weighted by atomic mass is 32.2. The van der Waals surface area contributed by atoms with Crippen LogP contribution in [0.2, 0.25) is 0 Å². The molecule has 1 aromatic carbocycles. The molecule has 0 saturated carbocycles. The van der Waals surface area contributed by atoms with Gasteiger partial charge in [0.05, 0.1) is 5.75 Å². The predicted molar refractivity (Wildman–Crippen MR) is 93.7 cm³/mol. The number of anilines is 1. The summed E-state index contributed by atoms with van der Waals surface area (Å²) >= 11 is 2.55. The van der Waals surface area contributed by atoms with Crippen molar-refractivity contribution in [2.24, 2.45) is 0 Å². The van der Waals surface area contributed by atoms with Gasteiger partial charge in [-0.3, -0.25) is 9.59 Å². The normalized spacial score (nSPS) is 10.7. The molecule has 0 aliphatic carbocycles. The van der Waals surface area contributed by atoms with Crippen LogP contribution in [0.5, 0.6) is 0 Å². The number of rotatable bonds is 7. The second-order valence-electron chi connectivity index (χ2n) is 5.18. The number of hydrogen-bond acceptors (Lipinski definition) is 6. The van der Waals surface area contributed by atoms with Crippen LogP contribution >= 0.6 is 23.1 Å². The maximum atomic E-state index is 13.1. The Kier molecular flexibility index (Phi) is 6.68. The van der Waals surface area contributed by atoms with E-state index in [1.165, 1.54) is 30.0 Å². The molecule has 1 heterocycles. The zero-order valence-electron chi connectivity index (χ0n) is 13.2. The van der Waals surface area contributed by atoms with Gasteiger partial charge >= 0.3 is 0 Å². The van der Waals surface area contributed by atoms with E-state index in [-0.39, 0.29) is 17.0 Å². The maximum absolute atomic E-state index is 13.1. The summed E-state index contributed by atoms with van der Waals surface area (Å²) in [6.45, 7) is 3.80. The van der Waals surface area contributed by atoms with Crippen LogP contribution in [0.15, 0.2) is 24.3 Å². The van der Waals surface area contributed by atoms with Crippen LogP contribution in [0.1, 0.15) is 28.7 Å². The number of benzene rings is 1. The summed E-state index contributed by atoms with van der Waals surface area (Å²) in [6.07, 6.45) is 0. The summed E-state index contributed by atoms with van der Waals surface area (Å²) in [5, 5.41) is 14.0. The summed E-state index contributed by atoms with van der Waals surface area (Å²) in [4.78, 5) is 23.6. The Bertz CT molecular complexity index is 721. The van der Waals surface area contributed by atoms with E-state index in [1.807, 2.05) is 13.8 Å². The molecule has 2 amide bonds. The first-order valence-corrected chi connectivity index (χ1v) is 9.17.